The first-order valence-corrected chi connectivity index (χ1v) is 6.10. The highest BCUT2D eigenvalue weighted by Crippen LogP contribution is 2.23. The van der Waals surface area contributed by atoms with Crippen LogP contribution in [0, 0.1) is 17.8 Å². The Hall–Kier alpha value is -0.590. The average Bonchev–Trinajstić information content (AvgIpc) is 2.10. The van der Waals surface area contributed by atoms with Crippen molar-refractivity contribution in [3.05, 3.63) is 11.6 Å². The number of allylic oxidation sites excluding steroid dienone is 2. The van der Waals surface area contributed by atoms with Crippen LogP contribution in [-0.4, -0.2) is 5.78 Å². The minimum absolute atomic E-state index is 0.229. The molecule has 0 bridgehead atoms. The Balaban J connectivity index is 4.69. The highest BCUT2D eigenvalue weighted by molar-refractivity contribution is 5.93. The van der Waals surface area contributed by atoms with E-state index >= 15 is 0 Å². The van der Waals surface area contributed by atoms with E-state index in [4.69, 9.17) is 0 Å². The molecule has 1 atom stereocenters. The van der Waals surface area contributed by atoms with E-state index in [2.05, 4.69) is 40.7 Å². The minimum Gasteiger partial charge on any atom is -0.295 e. The Labute approximate surface area is 95.0 Å². The van der Waals surface area contributed by atoms with Crippen LogP contribution in [0.2, 0.25) is 0 Å². The Bertz CT molecular complexity index is 223. The number of ketones is 1. The van der Waals surface area contributed by atoms with Gasteiger partial charge in [-0.15, -0.1) is 0 Å². The van der Waals surface area contributed by atoms with E-state index < -0.39 is 0 Å². The van der Waals surface area contributed by atoms with Crippen molar-refractivity contribution in [2.24, 2.45) is 17.8 Å². The van der Waals surface area contributed by atoms with Gasteiger partial charge in [0.15, 0.2) is 5.78 Å². The van der Waals surface area contributed by atoms with Gasteiger partial charge in [0.25, 0.3) is 0 Å². The molecule has 0 aliphatic carbocycles. The van der Waals surface area contributed by atoms with Crippen molar-refractivity contribution in [3.63, 3.8) is 0 Å². The number of rotatable bonds is 6. The molecule has 0 aromatic rings. The molecule has 88 valence electrons. The molecule has 0 unspecified atom stereocenters. The zero-order valence-corrected chi connectivity index (χ0v) is 11.1. The molecule has 0 rings (SSSR count). The highest BCUT2D eigenvalue weighted by Gasteiger charge is 2.14. The summed E-state index contributed by atoms with van der Waals surface area (Å²) in [6.07, 6.45) is 4.23. The lowest BCUT2D eigenvalue weighted by Gasteiger charge is -2.20. The largest absolute Gasteiger partial charge is 0.295 e. The molecule has 0 saturated heterocycles. The minimum atomic E-state index is 0.229. The van der Waals surface area contributed by atoms with Gasteiger partial charge in [-0.05, 0) is 43.1 Å². The van der Waals surface area contributed by atoms with Gasteiger partial charge in [-0.2, -0.15) is 0 Å². The van der Waals surface area contributed by atoms with Gasteiger partial charge in [0.2, 0.25) is 0 Å². The van der Waals surface area contributed by atoms with Crippen molar-refractivity contribution in [2.75, 3.05) is 0 Å². The molecule has 0 radical (unpaired) electrons. The van der Waals surface area contributed by atoms with Crippen molar-refractivity contribution >= 4 is 5.78 Å². The highest BCUT2D eigenvalue weighted by atomic mass is 16.1. The van der Waals surface area contributed by atoms with Crippen LogP contribution in [0.3, 0.4) is 0 Å². The van der Waals surface area contributed by atoms with Crippen molar-refractivity contribution in [2.45, 2.75) is 54.4 Å². The number of carbonyl (C=O) groups is 1. The normalized spacial score (nSPS) is 14.8. The number of carbonyl (C=O) groups excluding carboxylic acids is 1. The van der Waals surface area contributed by atoms with Gasteiger partial charge in [0, 0.05) is 0 Å². The lowest BCUT2D eigenvalue weighted by molar-refractivity contribution is -0.113. The van der Waals surface area contributed by atoms with Gasteiger partial charge >= 0.3 is 0 Å². The average molecular weight is 210 g/mol. The summed E-state index contributed by atoms with van der Waals surface area (Å²) in [5.41, 5.74) is 0.995. The molecule has 1 nitrogen and oxygen atoms in total. The summed E-state index contributed by atoms with van der Waals surface area (Å²) >= 11 is 0. The van der Waals surface area contributed by atoms with Crippen molar-refractivity contribution in [1.29, 1.82) is 0 Å². The lowest BCUT2D eigenvalue weighted by atomic mass is 9.85. The van der Waals surface area contributed by atoms with Gasteiger partial charge in [0.05, 0.1) is 0 Å². The zero-order chi connectivity index (χ0) is 12.0. The summed E-state index contributed by atoms with van der Waals surface area (Å²) in [5, 5.41) is 0. The van der Waals surface area contributed by atoms with Gasteiger partial charge in [-0.25, -0.2) is 0 Å². The smallest absolute Gasteiger partial charge is 0.155 e. The van der Waals surface area contributed by atoms with Crippen LogP contribution in [-0.2, 0) is 4.79 Å². The van der Waals surface area contributed by atoms with Crippen molar-refractivity contribution in [3.8, 4) is 0 Å². The summed E-state index contributed by atoms with van der Waals surface area (Å²) in [4.78, 5) is 11.4. The number of Topliss-reactive ketones (excluding diaryl/α,β-unsaturated/α-hetero) is 1. The van der Waals surface area contributed by atoms with Gasteiger partial charge < -0.3 is 0 Å². The van der Waals surface area contributed by atoms with Crippen molar-refractivity contribution in [1.82, 2.24) is 0 Å². The molecule has 0 aromatic carbocycles. The third-order valence-electron chi connectivity index (χ3n) is 2.85. The molecule has 0 amide bonds. The predicted octanol–water partition coefficient (Wildman–Crippen LogP) is 4.23. The SMILES string of the molecule is CC/C(=C\[C@H](CC(C)C)C(C)C)C(C)=O. The second-order valence-electron chi connectivity index (χ2n) is 5.14. The summed E-state index contributed by atoms with van der Waals surface area (Å²) < 4.78 is 0. The predicted molar refractivity (Wildman–Crippen MR) is 66.8 cm³/mol. The molecular formula is C14H26O. The van der Waals surface area contributed by atoms with Crippen molar-refractivity contribution < 1.29 is 4.79 Å². The third-order valence-corrected chi connectivity index (χ3v) is 2.85. The van der Waals surface area contributed by atoms with Crippen LogP contribution in [0.25, 0.3) is 0 Å². The maximum absolute atomic E-state index is 11.4. The third kappa shape index (κ3) is 5.76. The lowest BCUT2D eigenvalue weighted by Crippen LogP contribution is -2.11. The van der Waals surface area contributed by atoms with E-state index in [1.54, 1.807) is 6.92 Å². The van der Waals surface area contributed by atoms with Crippen LogP contribution in [0.4, 0.5) is 0 Å². The maximum Gasteiger partial charge on any atom is 0.155 e. The quantitative estimate of drug-likeness (QED) is 0.600. The second-order valence-corrected chi connectivity index (χ2v) is 5.14. The van der Waals surface area contributed by atoms with Crippen LogP contribution in [0.15, 0.2) is 11.6 Å². The maximum atomic E-state index is 11.4. The van der Waals surface area contributed by atoms with E-state index in [-0.39, 0.29) is 5.78 Å². The van der Waals surface area contributed by atoms with Gasteiger partial charge in [0.1, 0.15) is 0 Å². The zero-order valence-electron chi connectivity index (χ0n) is 11.1. The molecule has 0 spiro atoms. The number of hydrogen-bond donors (Lipinski definition) is 0. The summed E-state index contributed by atoms with van der Waals surface area (Å²) in [6, 6.07) is 0. The standard InChI is InChI=1S/C14H26O/c1-7-13(12(6)15)9-14(11(4)5)8-10(2)3/h9-11,14H,7-8H2,1-6H3/b13-9+/t14-/m0/s1. The molecule has 0 fully saturated rings. The molecule has 0 aliphatic rings. The molecule has 0 aliphatic heterocycles. The first kappa shape index (κ1) is 14.4. The Morgan fingerprint density at radius 1 is 1.20 bits per heavy atom. The first-order chi connectivity index (χ1) is 6.88. The molecule has 0 heterocycles. The van der Waals surface area contributed by atoms with Crippen LogP contribution in [0.5, 0.6) is 0 Å². The molecule has 1 heteroatoms. The second kappa shape index (κ2) is 6.81. The van der Waals surface area contributed by atoms with Crippen LogP contribution >= 0.6 is 0 Å². The van der Waals surface area contributed by atoms with Gasteiger partial charge in [-0.3, -0.25) is 4.79 Å². The van der Waals surface area contributed by atoms with E-state index in [1.165, 1.54) is 6.42 Å². The first-order valence-electron chi connectivity index (χ1n) is 6.10. The molecular weight excluding hydrogens is 184 g/mol. The van der Waals surface area contributed by atoms with E-state index in [1.807, 2.05) is 0 Å². The summed E-state index contributed by atoms with van der Waals surface area (Å²) in [6.45, 7) is 12.7. The van der Waals surface area contributed by atoms with Crippen LogP contribution in [0.1, 0.15) is 54.4 Å². The Morgan fingerprint density at radius 2 is 1.73 bits per heavy atom. The Morgan fingerprint density at radius 3 is 2.00 bits per heavy atom. The van der Waals surface area contributed by atoms with Gasteiger partial charge in [-0.1, -0.05) is 40.7 Å². The Kier molecular flexibility index (Phi) is 6.55. The molecule has 15 heavy (non-hydrogen) atoms. The van der Waals surface area contributed by atoms with E-state index in [9.17, 15) is 4.79 Å². The van der Waals surface area contributed by atoms with E-state index in [0.717, 1.165) is 12.0 Å². The topological polar surface area (TPSA) is 17.1 Å². The fraction of sp³-hybridized carbons (Fsp3) is 0.786. The molecule has 0 N–H and O–H groups in total. The summed E-state index contributed by atoms with van der Waals surface area (Å²) in [7, 11) is 0. The van der Waals surface area contributed by atoms with Crippen LogP contribution < -0.4 is 0 Å². The fourth-order valence-electron chi connectivity index (χ4n) is 1.82. The molecule has 0 aromatic heterocycles. The summed E-state index contributed by atoms with van der Waals surface area (Å²) in [5.74, 6) is 2.09. The monoisotopic (exact) mass is 210 g/mol. The molecule has 0 saturated carbocycles. The number of hydrogen-bond acceptors (Lipinski definition) is 1. The fourth-order valence-corrected chi connectivity index (χ4v) is 1.82. The van der Waals surface area contributed by atoms with E-state index in [0.29, 0.717) is 17.8 Å².